The van der Waals surface area contributed by atoms with E-state index in [0.29, 0.717) is 11.4 Å². The number of rotatable bonds is 5. The minimum absolute atomic E-state index is 0.534. The van der Waals surface area contributed by atoms with Gasteiger partial charge < -0.3 is 5.32 Å². The molecule has 0 fully saturated rings. The van der Waals surface area contributed by atoms with Crippen LogP contribution in [-0.4, -0.2) is 23.2 Å². The summed E-state index contributed by atoms with van der Waals surface area (Å²) < 4.78 is 33.9. The largest absolute Gasteiger partial charge is 0.370 e. The van der Waals surface area contributed by atoms with Crippen molar-refractivity contribution in [2.24, 2.45) is 10.2 Å². The van der Waals surface area contributed by atoms with Crippen molar-refractivity contribution in [2.45, 2.75) is 6.92 Å². The Hall–Kier alpha value is -1.84. The van der Waals surface area contributed by atoms with Crippen LogP contribution in [0, 0.1) is 6.92 Å². The Balaban J connectivity index is 1.99. The van der Waals surface area contributed by atoms with Crippen molar-refractivity contribution >= 4 is 38.0 Å². The highest BCUT2D eigenvalue weighted by atomic mass is 32.2. The van der Waals surface area contributed by atoms with Crippen molar-refractivity contribution in [1.29, 1.82) is 0 Å². The highest BCUT2D eigenvalue weighted by molar-refractivity contribution is 7.85. The maximum atomic E-state index is 10.6. The predicted octanol–water partition coefficient (Wildman–Crippen LogP) is 3.12. The van der Waals surface area contributed by atoms with Gasteiger partial charge in [-0.15, -0.1) is 10.2 Å². The average molecular weight is 312 g/mol. The van der Waals surface area contributed by atoms with Gasteiger partial charge in [-0.25, -0.2) is 0 Å². The molecule has 20 heavy (non-hydrogen) atoms. The van der Waals surface area contributed by atoms with Crippen LogP contribution in [0.25, 0.3) is 0 Å². The van der Waals surface area contributed by atoms with Gasteiger partial charge in [-0.05, 0) is 48.8 Å². The van der Waals surface area contributed by atoms with Gasteiger partial charge in [0.05, 0.1) is 11.4 Å². The van der Waals surface area contributed by atoms with Gasteiger partial charge in [0, 0.05) is 5.69 Å². The first-order valence-corrected chi connectivity index (χ1v) is 7.95. The molecule has 0 spiro atoms. The molecule has 0 aliphatic heterocycles. The second kappa shape index (κ2) is 6.07. The van der Waals surface area contributed by atoms with E-state index in [1.165, 1.54) is 11.5 Å². The monoisotopic (exact) mass is 312 g/mol. The van der Waals surface area contributed by atoms with Crippen molar-refractivity contribution in [3.05, 3.63) is 36.0 Å². The summed E-state index contributed by atoms with van der Waals surface area (Å²) in [6.45, 7) is 1.88. The first kappa shape index (κ1) is 14.6. The number of benzene rings is 1. The molecule has 1 aromatic heterocycles. The minimum atomic E-state index is -4.04. The lowest BCUT2D eigenvalue weighted by Gasteiger charge is -2.03. The van der Waals surface area contributed by atoms with Crippen molar-refractivity contribution in [2.75, 3.05) is 11.2 Å². The molecule has 7 nitrogen and oxygen atoms in total. The third kappa shape index (κ3) is 4.68. The number of azo groups is 1. The Bertz CT molecular complexity index is 708. The summed E-state index contributed by atoms with van der Waals surface area (Å²) in [5, 5.41) is 11.4. The molecule has 0 amide bonds. The van der Waals surface area contributed by atoms with Gasteiger partial charge >= 0.3 is 0 Å². The zero-order valence-electron chi connectivity index (χ0n) is 10.5. The Morgan fingerprint density at radius 2 is 2.00 bits per heavy atom. The SMILES string of the molecule is Cc1cc(N=Nc2ccc(NCS(=O)(=O)O)cc2)sn1. The standard InChI is InChI=1S/C11H12N4O3S2/c1-8-6-11(19-15-8)14-13-10-4-2-9(3-5-10)12-7-20(16,17)18/h2-6,12H,7H2,1H3,(H,16,17,18). The maximum absolute atomic E-state index is 10.6. The van der Waals surface area contributed by atoms with Gasteiger partial charge in [0.15, 0.2) is 5.00 Å². The summed E-state index contributed by atoms with van der Waals surface area (Å²) in [5.74, 6) is -0.534. The predicted molar refractivity (Wildman–Crippen MR) is 77.5 cm³/mol. The molecule has 0 unspecified atom stereocenters. The summed E-state index contributed by atoms with van der Waals surface area (Å²) in [4.78, 5) is 0. The number of anilines is 1. The van der Waals surface area contributed by atoms with Crippen molar-refractivity contribution in [3.8, 4) is 0 Å². The lowest BCUT2D eigenvalue weighted by atomic mass is 10.3. The van der Waals surface area contributed by atoms with Gasteiger partial charge in [-0.1, -0.05) is 0 Å². The normalized spacial score (nSPS) is 11.9. The van der Waals surface area contributed by atoms with E-state index in [2.05, 4.69) is 19.9 Å². The Kier molecular flexibility index (Phi) is 4.42. The molecule has 0 bridgehead atoms. The van der Waals surface area contributed by atoms with E-state index in [0.717, 1.165) is 10.7 Å². The highest BCUT2D eigenvalue weighted by Crippen LogP contribution is 2.23. The number of hydrogen-bond acceptors (Lipinski definition) is 7. The number of aromatic nitrogens is 1. The first-order valence-electron chi connectivity index (χ1n) is 5.56. The second-order valence-electron chi connectivity index (χ2n) is 3.96. The first-order chi connectivity index (χ1) is 9.42. The third-order valence-corrected chi connectivity index (χ3v) is 3.48. The molecule has 0 saturated heterocycles. The molecular formula is C11H12N4O3S2. The van der Waals surface area contributed by atoms with Crippen LogP contribution in [0.5, 0.6) is 0 Å². The summed E-state index contributed by atoms with van der Waals surface area (Å²) >= 11 is 1.27. The number of aryl methyl sites for hydroxylation is 1. The third-order valence-electron chi connectivity index (χ3n) is 2.21. The van der Waals surface area contributed by atoms with Crippen LogP contribution < -0.4 is 5.32 Å². The van der Waals surface area contributed by atoms with Crippen LogP contribution in [0.1, 0.15) is 5.69 Å². The Labute approximate surface area is 120 Å². The van der Waals surface area contributed by atoms with Gasteiger partial charge in [0.25, 0.3) is 10.1 Å². The summed E-state index contributed by atoms with van der Waals surface area (Å²) in [6.07, 6.45) is 0. The van der Waals surface area contributed by atoms with Gasteiger partial charge in [-0.2, -0.15) is 12.8 Å². The molecule has 9 heteroatoms. The molecule has 106 valence electrons. The fourth-order valence-electron chi connectivity index (χ4n) is 1.32. The van der Waals surface area contributed by atoms with Crippen LogP contribution in [0.3, 0.4) is 0 Å². The van der Waals surface area contributed by atoms with Gasteiger partial charge in [0.1, 0.15) is 5.88 Å². The van der Waals surface area contributed by atoms with E-state index >= 15 is 0 Å². The fourth-order valence-corrected chi connectivity index (χ4v) is 2.26. The van der Waals surface area contributed by atoms with Crippen LogP contribution in [0.2, 0.25) is 0 Å². The topological polar surface area (TPSA) is 104 Å². The van der Waals surface area contributed by atoms with Crippen LogP contribution in [-0.2, 0) is 10.1 Å². The summed E-state index contributed by atoms with van der Waals surface area (Å²) in [6, 6.07) is 8.50. The Morgan fingerprint density at radius 1 is 1.30 bits per heavy atom. The van der Waals surface area contributed by atoms with Crippen molar-refractivity contribution in [3.63, 3.8) is 0 Å². The highest BCUT2D eigenvalue weighted by Gasteiger charge is 2.03. The lowest BCUT2D eigenvalue weighted by Crippen LogP contribution is -2.12. The van der Waals surface area contributed by atoms with Gasteiger partial charge in [-0.3, -0.25) is 4.55 Å². The van der Waals surface area contributed by atoms with Crippen LogP contribution in [0.15, 0.2) is 40.6 Å². The number of nitrogens with zero attached hydrogens (tertiary/aromatic N) is 3. The van der Waals surface area contributed by atoms with E-state index in [1.807, 2.05) is 13.0 Å². The molecule has 0 saturated carbocycles. The molecule has 0 atom stereocenters. The average Bonchev–Trinajstić information content (AvgIpc) is 2.80. The molecule has 0 aliphatic carbocycles. The zero-order valence-corrected chi connectivity index (χ0v) is 12.1. The van der Waals surface area contributed by atoms with Crippen molar-refractivity contribution < 1.29 is 13.0 Å². The zero-order chi connectivity index (χ0) is 14.6. The van der Waals surface area contributed by atoms with E-state index in [1.54, 1.807) is 24.3 Å². The summed E-state index contributed by atoms with van der Waals surface area (Å²) in [7, 11) is -4.04. The molecule has 0 aliphatic rings. The minimum Gasteiger partial charge on any atom is -0.370 e. The van der Waals surface area contributed by atoms with Crippen molar-refractivity contribution in [1.82, 2.24) is 4.37 Å². The molecular weight excluding hydrogens is 300 g/mol. The molecule has 2 aromatic rings. The molecule has 1 aromatic carbocycles. The van der Waals surface area contributed by atoms with E-state index in [-0.39, 0.29) is 0 Å². The summed E-state index contributed by atoms with van der Waals surface area (Å²) in [5.41, 5.74) is 2.09. The van der Waals surface area contributed by atoms with Crippen LogP contribution in [0.4, 0.5) is 16.4 Å². The lowest BCUT2D eigenvalue weighted by molar-refractivity contribution is 0.485. The van der Waals surface area contributed by atoms with Crippen LogP contribution >= 0.6 is 11.5 Å². The maximum Gasteiger partial charge on any atom is 0.283 e. The number of hydrogen-bond donors (Lipinski definition) is 2. The smallest absolute Gasteiger partial charge is 0.283 e. The van der Waals surface area contributed by atoms with E-state index in [4.69, 9.17) is 4.55 Å². The molecule has 2 N–H and O–H groups in total. The molecule has 0 radical (unpaired) electrons. The Morgan fingerprint density at radius 3 is 2.55 bits per heavy atom. The molecule has 1 heterocycles. The van der Waals surface area contributed by atoms with Gasteiger partial charge in [0.2, 0.25) is 0 Å². The number of nitrogens with one attached hydrogen (secondary N) is 1. The van der Waals surface area contributed by atoms with E-state index in [9.17, 15) is 8.42 Å². The fraction of sp³-hybridized carbons (Fsp3) is 0.182. The van der Waals surface area contributed by atoms with E-state index < -0.39 is 16.0 Å². The quantitative estimate of drug-likeness (QED) is 0.652. The molecule has 2 rings (SSSR count). The second-order valence-corrected chi connectivity index (χ2v) is 6.19.